The van der Waals surface area contributed by atoms with Crippen LogP contribution in [0.4, 0.5) is 11.4 Å². The molecule has 0 fully saturated rings. The van der Waals surface area contributed by atoms with Crippen molar-refractivity contribution in [2.75, 3.05) is 0 Å². The van der Waals surface area contributed by atoms with Gasteiger partial charge in [-0.3, -0.25) is 0 Å². The molecule has 4 nitrogen and oxygen atoms in total. The van der Waals surface area contributed by atoms with Gasteiger partial charge in [-0.05, 0) is 68.7 Å². The summed E-state index contributed by atoms with van der Waals surface area (Å²) in [6.07, 6.45) is 0. The average Bonchev–Trinajstić information content (AvgIpc) is 2.79. The predicted molar refractivity (Wildman–Crippen MR) is 130 cm³/mol. The third-order valence-electron chi connectivity index (χ3n) is 5.93. The van der Waals surface area contributed by atoms with Gasteiger partial charge < -0.3 is 0 Å². The van der Waals surface area contributed by atoms with Crippen LogP contribution in [0.2, 0.25) is 0 Å². The minimum atomic E-state index is 0.840. The number of hydrogen-bond donors (Lipinski definition) is 0. The van der Waals surface area contributed by atoms with E-state index in [1.54, 1.807) is 0 Å². The highest BCUT2D eigenvalue weighted by Crippen LogP contribution is 2.28. The molecule has 1 aromatic heterocycles. The van der Waals surface area contributed by atoms with Crippen molar-refractivity contribution in [2.24, 2.45) is 10.2 Å². The van der Waals surface area contributed by atoms with Gasteiger partial charge in [0.15, 0.2) is 0 Å². The van der Waals surface area contributed by atoms with Crippen LogP contribution < -0.4 is 4.57 Å². The van der Waals surface area contributed by atoms with Crippen LogP contribution in [-0.4, -0.2) is 4.98 Å². The van der Waals surface area contributed by atoms with E-state index in [2.05, 4.69) is 91.0 Å². The van der Waals surface area contributed by atoms with Gasteiger partial charge in [-0.25, -0.2) is 4.98 Å². The lowest BCUT2D eigenvalue weighted by atomic mass is 10.1. The van der Waals surface area contributed by atoms with Crippen LogP contribution in [0.15, 0.2) is 89.1 Å². The summed E-state index contributed by atoms with van der Waals surface area (Å²) in [5.41, 5.74) is 11.5. The first-order chi connectivity index (χ1) is 15.5. The maximum atomic E-state index is 5.00. The second-order valence-electron chi connectivity index (χ2n) is 8.37. The second-order valence-corrected chi connectivity index (χ2v) is 8.37. The van der Waals surface area contributed by atoms with Gasteiger partial charge in [-0.2, -0.15) is 10.2 Å². The Bertz CT molecular complexity index is 1480. The fourth-order valence-electron chi connectivity index (χ4n) is 3.94. The standard InChI is InChI=1S/C28H25N4/c1-18-10-12-22(13-11-18)30-31-24-17-28-26(15-21(24)4)29-25-14-19(2)20(3)16-27(25)32(28)23-8-6-5-7-9-23/h5-17H,1-4H3/q+1. The van der Waals surface area contributed by atoms with Crippen molar-refractivity contribution in [1.29, 1.82) is 0 Å². The monoisotopic (exact) mass is 417 g/mol. The highest BCUT2D eigenvalue weighted by Gasteiger charge is 2.21. The molecule has 0 unspecified atom stereocenters. The van der Waals surface area contributed by atoms with Gasteiger partial charge in [0.2, 0.25) is 16.7 Å². The zero-order valence-corrected chi connectivity index (χ0v) is 18.8. The number of benzene rings is 4. The van der Waals surface area contributed by atoms with E-state index < -0.39 is 0 Å². The largest absolute Gasteiger partial charge is 0.239 e. The van der Waals surface area contributed by atoms with Crippen LogP contribution in [0.3, 0.4) is 0 Å². The van der Waals surface area contributed by atoms with Crippen LogP contribution >= 0.6 is 0 Å². The number of rotatable bonds is 3. The third-order valence-corrected chi connectivity index (χ3v) is 5.93. The molecule has 0 aliphatic heterocycles. The van der Waals surface area contributed by atoms with E-state index >= 15 is 0 Å². The molecule has 0 N–H and O–H groups in total. The van der Waals surface area contributed by atoms with E-state index in [1.807, 2.05) is 30.3 Å². The molecule has 0 bridgehead atoms. The number of fused-ring (bicyclic) bond motifs is 2. The van der Waals surface area contributed by atoms with Crippen molar-refractivity contribution < 1.29 is 4.57 Å². The summed E-state index contributed by atoms with van der Waals surface area (Å²) in [6.45, 7) is 8.40. The molecule has 0 spiro atoms. The van der Waals surface area contributed by atoms with Crippen LogP contribution in [0.1, 0.15) is 22.3 Å². The summed E-state index contributed by atoms with van der Waals surface area (Å²) < 4.78 is 2.27. The quantitative estimate of drug-likeness (QED) is 0.172. The smallest absolute Gasteiger partial charge is 0.235 e. The Morgan fingerprint density at radius 1 is 0.625 bits per heavy atom. The van der Waals surface area contributed by atoms with Crippen LogP contribution in [0.5, 0.6) is 0 Å². The van der Waals surface area contributed by atoms with Gasteiger partial charge in [0.1, 0.15) is 11.0 Å². The summed E-state index contributed by atoms with van der Waals surface area (Å²) in [4.78, 5) is 5.00. The van der Waals surface area contributed by atoms with Gasteiger partial charge in [0.05, 0.1) is 11.4 Å². The zero-order valence-electron chi connectivity index (χ0n) is 18.8. The van der Waals surface area contributed by atoms with Gasteiger partial charge in [0, 0.05) is 24.3 Å². The summed E-state index contributed by atoms with van der Waals surface area (Å²) in [6, 6.07) is 27.1. The Labute approximate surface area is 187 Å². The molecule has 5 aromatic rings. The van der Waals surface area contributed by atoms with Crippen molar-refractivity contribution >= 4 is 33.4 Å². The minimum absolute atomic E-state index is 0.840. The fourth-order valence-corrected chi connectivity index (χ4v) is 3.94. The van der Waals surface area contributed by atoms with Crippen LogP contribution in [0.25, 0.3) is 27.8 Å². The molecule has 0 radical (unpaired) electrons. The highest BCUT2D eigenvalue weighted by molar-refractivity contribution is 5.85. The summed E-state index contributed by atoms with van der Waals surface area (Å²) in [5, 5.41) is 9.06. The number of azo groups is 1. The Morgan fingerprint density at radius 3 is 1.97 bits per heavy atom. The second kappa shape index (κ2) is 7.97. The number of aryl methyl sites for hydroxylation is 4. The summed E-state index contributed by atoms with van der Waals surface area (Å²) in [7, 11) is 0. The van der Waals surface area contributed by atoms with Gasteiger partial charge in [-0.1, -0.05) is 35.9 Å². The van der Waals surface area contributed by atoms with Crippen molar-refractivity contribution in [3.8, 4) is 5.69 Å². The first-order valence-electron chi connectivity index (χ1n) is 10.8. The van der Waals surface area contributed by atoms with Crippen molar-refractivity contribution in [1.82, 2.24) is 4.98 Å². The first-order valence-corrected chi connectivity index (χ1v) is 10.8. The lowest BCUT2D eigenvalue weighted by molar-refractivity contribution is -0.538. The lowest BCUT2D eigenvalue weighted by Crippen LogP contribution is -2.33. The molecule has 5 rings (SSSR count). The zero-order chi connectivity index (χ0) is 22.2. The van der Waals surface area contributed by atoms with E-state index in [0.29, 0.717) is 0 Å². The topological polar surface area (TPSA) is 41.5 Å². The predicted octanol–water partition coefficient (Wildman–Crippen LogP) is 7.31. The third kappa shape index (κ3) is 3.65. The first kappa shape index (κ1) is 20.0. The molecule has 0 saturated carbocycles. The van der Waals surface area contributed by atoms with E-state index in [1.165, 1.54) is 16.7 Å². The summed E-state index contributed by atoms with van der Waals surface area (Å²) in [5.74, 6) is 0. The Kier molecular flexibility index (Phi) is 4.98. The van der Waals surface area contributed by atoms with Crippen LogP contribution in [0, 0.1) is 27.7 Å². The lowest BCUT2D eigenvalue weighted by Gasteiger charge is -2.09. The molecule has 0 saturated heterocycles. The Balaban J connectivity index is 1.77. The van der Waals surface area contributed by atoms with Gasteiger partial charge in [0.25, 0.3) is 0 Å². The van der Waals surface area contributed by atoms with E-state index in [4.69, 9.17) is 4.98 Å². The molecule has 0 amide bonds. The minimum Gasteiger partial charge on any atom is -0.235 e. The molecule has 0 atom stereocenters. The van der Waals surface area contributed by atoms with Gasteiger partial charge in [-0.15, -0.1) is 4.57 Å². The van der Waals surface area contributed by atoms with Gasteiger partial charge >= 0.3 is 0 Å². The normalized spacial score (nSPS) is 11.6. The highest BCUT2D eigenvalue weighted by atomic mass is 15.1. The number of aromatic nitrogens is 2. The fraction of sp³-hybridized carbons (Fsp3) is 0.143. The Morgan fingerprint density at radius 2 is 1.25 bits per heavy atom. The molecule has 156 valence electrons. The van der Waals surface area contributed by atoms with Crippen molar-refractivity contribution in [3.05, 3.63) is 101 Å². The molecular formula is C28H25N4+. The van der Waals surface area contributed by atoms with Crippen LogP contribution in [-0.2, 0) is 0 Å². The number of nitrogens with zero attached hydrogens (tertiary/aromatic N) is 4. The molecule has 4 heteroatoms. The van der Waals surface area contributed by atoms with E-state index in [-0.39, 0.29) is 0 Å². The Hall–Kier alpha value is -3.92. The molecule has 0 aliphatic carbocycles. The molecular weight excluding hydrogens is 392 g/mol. The average molecular weight is 418 g/mol. The summed E-state index contributed by atoms with van der Waals surface area (Å²) >= 11 is 0. The maximum Gasteiger partial charge on any atom is 0.239 e. The van der Waals surface area contributed by atoms with Crippen molar-refractivity contribution in [2.45, 2.75) is 27.7 Å². The van der Waals surface area contributed by atoms with Crippen molar-refractivity contribution in [3.63, 3.8) is 0 Å². The van der Waals surface area contributed by atoms with E-state index in [9.17, 15) is 0 Å². The molecule has 32 heavy (non-hydrogen) atoms. The SMILES string of the molecule is Cc1ccc(N=Nc2cc3c(cc2C)nc2cc(C)c(C)cc2[n+]3-c2ccccc2)cc1. The molecule has 1 heterocycles. The number of para-hydroxylation sites is 1. The number of hydrogen-bond acceptors (Lipinski definition) is 3. The van der Waals surface area contributed by atoms with E-state index in [0.717, 1.165) is 44.7 Å². The maximum absolute atomic E-state index is 5.00. The molecule has 4 aromatic carbocycles. The molecule has 0 aliphatic rings.